The fourth-order valence-electron chi connectivity index (χ4n) is 4.59. The molecule has 11 heteroatoms. The number of aryl methyl sites for hydroxylation is 2. The minimum atomic E-state index is -4.43. The van der Waals surface area contributed by atoms with Crippen LogP contribution in [0, 0.1) is 0 Å². The quantitative estimate of drug-likeness (QED) is 0.267. The van der Waals surface area contributed by atoms with E-state index in [-0.39, 0.29) is 12.3 Å². The molecule has 0 spiro atoms. The number of halogens is 3. The summed E-state index contributed by atoms with van der Waals surface area (Å²) in [7, 11) is 0. The highest BCUT2D eigenvalue weighted by Gasteiger charge is 2.30. The van der Waals surface area contributed by atoms with Gasteiger partial charge in [0, 0.05) is 23.6 Å². The van der Waals surface area contributed by atoms with Gasteiger partial charge in [0.15, 0.2) is 5.65 Å². The van der Waals surface area contributed by atoms with Crippen molar-refractivity contribution in [2.24, 2.45) is 0 Å². The second kappa shape index (κ2) is 9.64. The van der Waals surface area contributed by atoms with Crippen molar-refractivity contribution in [3.05, 3.63) is 82.8 Å². The first-order valence-corrected chi connectivity index (χ1v) is 12.6. The van der Waals surface area contributed by atoms with E-state index >= 15 is 0 Å². The van der Waals surface area contributed by atoms with Crippen molar-refractivity contribution < 1.29 is 22.8 Å². The molecule has 2 aromatic heterocycles. The molecule has 4 aromatic rings. The number of imide groups is 1. The van der Waals surface area contributed by atoms with Gasteiger partial charge in [-0.15, -0.1) is 0 Å². The van der Waals surface area contributed by atoms with Gasteiger partial charge in [-0.25, -0.2) is 4.98 Å². The van der Waals surface area contributed by atoms with Gasteiger partial charge in [0.25, 0.3) is 5.91 Å². The fraction of sp³-hybridized carbons (Fsp3) is 0.250. The van der Waals surface area contributed by atoms with Crippen LogP contribution in [0.1, 0.15) is 41.8 Å². The van der Waals surface area contributed by atoms with Gasteiger partial charge >= 0.3 is 6.18 Å². The highest BCUT2D eigenvalue weighted by Crippen LogP contribution is 2.33. The van der Waals surface area contributed by atoms with Crippen molar-refractivity contribution in [1.29, 1.82) is 0 Å². The van der Waals surface area contributed by atoms with Gasteiger partial charge in [-0.3, -0.25) is 14.9 Å². The normalized spacial score (nSPS) is 16.7. The molecule has 2 aromatic carbocycles. The van der Waals surface area contributed by atoms with E-state index in [0.717, 1.165) is 30.5 Å². The zero-order valence-electron chi connectivity index (χ0n) is 20.6. The Hall–Kier alpha value is -4.54. The minimum Gasteiger partial charge on any atom is -0.351 e. The topological polar surface area (TPSA) is 101 Å². The van der Waals surface area contributed by atoms with Crippen molar-refractivity contribution >= 4 is 29.5 Å². The van der Waals surface area contributed by atoms with E-state index < -0.39 is 17.6 Å². The molecule has 6 rings (SSSR count). The van der Waals surface area contributed by atoms with E-state index in [1.165, 1.54) is 6.07 Å². The highest BCUT2D eigenvalue weighted by molar-refractivity contribution is 6.15. The van der Waals surface area contributed by atoms with Crippen molar-refractivity contribution in [3.8, 4) is 11.1 Å². The Balaban J connectivity index is 1.33. The van der Waals surface area contributed by atoms with Crippen molar-refractivity contribution in [2.75, 3.05) is 5.32 Å². The molecule has 0 unspecified atom stereocenters. The van der Waals surface area contributed by atoms with Crippen LogP contribution >= 0.6 is 0 Å². The number of anilines is 1. The van der Waals surface area contributed by atoms with Crippen LogP contribution in [0.3, 0.4) is 0 Å². The monoisotopic (exact) mass is 532 g/mol. The van der Waals surface area contributed by atoms with E-state index in [0.29, 0.717) is 58.6 Å². The maximum Gasteiger partial charge on any atom is 0.416 e. The molecule has 2 aliphatic rings. The molecule has 1 saturated carbocycles. The first-order chi connectivity index (χ1) is 18.7. The van der Waals surface area contributed by atoms with E-state index in [1.54, 1.807) is 28.9 Å². The third kappa shape index (κ3) is 5.25. The van der Waals surface area contributed by atoms with Gasteiger partial charge in [0.05, 0.1) is 18.2 Å². The van der Waals surface area contributed by atoms with Crippen LogP contribution in [0.25, 0.3) is 22.9 Å². The second-order valence-corrected chi connectivity index (χ2v) is 9.68. The molecule has 1 aliphatic heterocycles. The summed E-state index contributed by atoms with van der Waals surface area (Å²) < 4.78 is 41.5. The van der Waals surface area contributed by atoms with Crippen molar-refractivity contribution in [2.45, 2.75) is 44.3 Å². The Morgan fingerprint density at radius 3 is 2.62 bits per heavy atom. The number of fused-ring (bicyclic) bond motifs is 1. The number of hydrogen-bond acceptors (Lipinski definition) is 6. The molecular formula is C28H23F3N6O2. The average Bonchev–Trinajstić information content (AvgIpc) is 3.55. The van der Waals surface area contributed by atoms with E-state index in [4.69, 9.17) is 9.97 Å². The largest absolute Gasteiger partial charge is 0.416 e. The molecule has 0 radical (unpaired) electrons. The molecular weight excluding hydrogens is 509 g/mol. The molecule has 3 heterocycles. The Morgan fingerprint density at radius 2 is 1.87 bits per heavy atom. The zero-order chi connectivity index (χ0) is 27.1. The highest BCUT2D eigenvalue weighted by atomic mass is 19.4. The summed E-state index contributed by atoms with van der Waals surface area (Å²) in [5.74, 6) is 0.265. The minimum absolute atomic E-state index is 0.00633. The van der Waals surface area contributed by atoms with Crippen molar-refractivity contribution in [3.63, 3.8) is 0 Å². The summed E-state index contributed by atoms with van der Waals surface area (Å²) in [4.78, 5) is 33.1. The van der Waals surface area contributed by atoms with Crippen LogP contribution in [-0.2, 0) is 28.6 Å². The lowest BCUT2D eigenvalue weighted by Gasteiger charge is -2.13. The third-order valence-corrected chi connectivity index (χ3v) is 6.71. The number of carbonyl (C=O) groups excluding carboxylic acids is 2. The smallest absolute Gasteiger partial charge is 0.351 e. The zero-order valence-corrected chi connectivity index (χ0v) is 20.6. The summed E-state index contributed by atoms with van der Waals surface area (Å²) in [5, 5.41) is 10.0. The van der Waals surface area contributed by atoms with Gasteiger partial charge < -0.3 is 5.32 Å². The summed E-state index contributed by atoms with van der Waals surface area (Å²) >= 11 is 0. The van der Waals surface area contributed by atoms with E-state index in [2.05, 4.69) is 15.7 Å². The number of nitrogens with zero attached hydrogens (tertiary/aromatic N) is 4. The molecule has 1 saturated heterocycles. The van der Waals surface area contributed by atoms with E-state index in [1.807, 2.05) is 18.2 Å². The number of amides is 2. The first-order valence-electron chi connectivity index (χ1n) is 12.6. The number of benzene rings is 2. The second-order valence-electron chi connectivity index (χ2n) is 9.68. The maximum atomic E-state index is 13.3. The number of carbonyl (C=O) groups is 2. The summed E-state index contributed by atoms with van der Waals surface area (Å²) in [5.41, 5.74) is 2.79. The van der Waals surface area contributed by atoms with Crippen LogP contribution < -0.4 is 10.6 Å². The molecule has 198 valence electrons. The summed E-state index contributed by atoms with van der Waals surface area (Å²) in [6, 6.07) is 13.0. The Bertz CT molecular complexity index is 1640. The molecule has 0 atom stereocenters. The Morgan fingerprint density at radius 1 is 1.05 bits per heavy atom. The van der Waals surface area contributed by atoms with Crippen LogP contribution in [0.5, 0.6) is 0 Å². The van der Waals surface area contributed by atoms with Crippen LogP contribution in [0.15, 0.2) is 60.3 Å². The van der Waals surface area contributed by atoms with Crippen LogP contribution in [0.2, 0.25) is 0 Å². The fourth-order valence-corrected chi connectivity index (χ4v) is 4.59. The van der Waals surface area contributed by atoms with Crippen LogP contribution in [-0.4, -0.2) is 37.4 Å². The lowest BCUT2D eigenvalue weighted by atomic mass is 9.95. The molecule has 8 nitrogen and oxygen atoms in total. The predicted octanol–water partition coefficient (Wildman–Crippen LogP) is 4.60. The molecule has 0 bridgehead atoms. The molecule has 39 heavy (non-hydrogen) atoms. The maximum absolute atomic E-state index is 13.3. The molecule has 1 aliphatic carbocycles. The lowest BCUT2D eigenvalue weighted by molar-refractivity contribution is -0.137. The van der Waals surface area contributed by atoms with Gasteiger partial charge in [-0.2, -0.15) is 27.8 Å². The standard InChI is InChI=1S/C28H23F3N6O2/c29-28(30,31)20-6-3-5-17(13-20)22-7-2-1-4-16(22)8-11-23-34-25-19(12-18-14-24(38)36-26(18)39)15-32-37(25)27(35-23)33-21-9-10-21/h1-7,12-13,15,21H,8-11,14H2,(H,33,34,35)(H,36,38,39)/b18-12+. The molecule has 2 fully saturated rings. The number of nitrogens with one attached hydrogen (secondary N) is 2. The van der Waals surface area contributed by atoms with Gasteiger partial charge in [0.2, 0.25) is 11.9 Å². The molecule has 2 N–H and O–H groups in total. The number of aromatic nitrogens is 4. The number of alkyl halides is 3. The summed E-state index contributed by atoms with van der Waals surface area (Å²) in [6.07, 6.45) is 1.72. The lowest BCUT2D eigenvalue weighted by Crippen LogP contribution is -2.19. The average molecular weight is 533 g/mol. The summed E-state index contributed by atoms with van der Waals surface area (Å²) in [6.45, 7) is 0. The SMILES string of the molecule is O=C1C/C(=C\c2cnn3c(NC4CC4)nc(CCc4ccccc4-c4cccc(C(F)(F)F)c4)nc23)C(=O)N1. The van der Waals surface area contributed by atoms with E-state index in [9.17, 15) is 22.8 Å². The Labute approximate surface area is 221 Å². The van der Waals surface area contributed by atoms with Gasteiger partial charge in [-0.1, -0.05) is 36.4 Å². The molecule has 2 amide bonds. The predicted molar refractivity (Wildman–Crippen MR) is 137 cm³/mol. The van der Waals surface area contributed by atoms with Gasteiger partial charge in [-0.05, 0) is 54.2 Å². The Kier molecular flexibility index (Phi) is 6.13. The number of rotatable bonds is 7. The van der Waals surface area contributed by atoms with Gasteiger partial charge in [0.1, 0.15) is 5.82 Å². The number of hydrogen-bond donors (Lipinski definition) is 2. The van der Waals surface area contributed by atoms with Crippen molar-refractivity contribution in [1.82, 2.24) is 24.9 Å². The third-order valence-electron chi connectivity index (χ3n) is 6.71. The first kappa shape index (κ1) is 24.8. The van der Waals surface area contributed by atoms with Crippen LogP contribution in [0.4, 0.5) is 19.1 Å².